The van der Waals surface area contributed by atoms with Gasteiger partial charge in [-0.1, -0.05) is 6.07 Å². The molecule has 0 radical (unpaired) electrons. The van der Waals surface area contributed by atoms with E-state index in [0.29, 0.717) is 25.4 Å². The summed E-state index contributed by atoms with van der Waals surface area (Å²) in [4.78, 5) is 28.4. The van der Waals surface area contributed by atoms with Crippen LogP contribution in [0.25, 0.3) is 0 Å². The van der Waals surface area contributed by atoms with Crippen LogP contribution in [0.15, 0.2) is 37.0 Å². The standard InChI is InChI=1S/C23H27N5O2/c1-16-11-19(18-3-4-18)13-24-21(16)26-5-7-27(8-6-26)23(29)20-12-17(2)22(25-14-20)28-9-10-30-15-28/h9-14,18H,3-8,15H2,1-2H3. The van der Waals surface area contributed by atoms with Gasteiger partial charge in [0.15, 0.2) is 6.73 Å². The van der Waals surface area contributed by atoms with Gasteiger partial charge in [-0.3, -0.25) is 9.69 Å². The van der Waals surface area contributed by atoms with Crippen LogP contribution in [0.4, 0.5) is 11.6 Å². The van der Waals surface area contributed by atoms with Gasteiger partial charge in [0.1, 0.15) is 17.9 Å². The van der Waals surface area contributed by atoms with Gasteiger partial charge in [-0.25, -0.2) is 9.97 Å². The number of carbonyl (C=O) groups is 1. The van der Waals surface area contributed by atoms with Gasteiger partial charge in [-0.05, 0) is 55.4 Å². The predicted octanol–water partition coefficient (Wildman–Crippen LogP) is 3.20. The number of carbonyl (C=O) groups excluding carboxylic acids is 1. The normalized spacial score (nSPS) is 18.7. The maximum atomic E-state index is 13.0. The van der Waals surface area contributed by atoms with Gasteiger partial charge in [0.25, 0.3) is 5.91 Å². The predicted molar refractivity (Wildman–Crippen MR) is 116 cm³/mol. The summed E-state index contributed by atoms with van der Waals surface area (Å²) in [6.07, 6.45) is 9.79. The van der Waals surface area contributed by atoms with Crippen LogP contribution in [-0.4, -0.2) is 53.7 Å². The topological polar surface area (TPSA) is 61.8 Å². The summed E-state index contributed by atoms with van der Waals surface area (Å²) in [5.41, 5.74) is 4.20. The van der Waals surface area contributed by atoms with Crippen molar-refractivity contribution in [1.29, 1.82) is 0 Å². The van der Waals surface area contributed by atoms with Crippen molar-refractivity contribution in [3.05, 3.63) is 59.2 Å². The number of aromatic nitrogens is 2. The van der Waals surface area contributed by atoms with Crippen LogP contribution >= 0.6 is 0 Å². The van der Waals surface area contributed by atoms with Crippen molar-refractivity contribution < 1.29 is 9.53 Å². The second kappa shape index (κ2) is 7.63. The molecule has 3 aliphatic rings. The van der Waals surface area contributed by atoms with Crippen molar-refractivity contribution in [3.63, 3.8) is 0 Å². The van der Waals surface area contributed by atoms with Gasteiger partial charge in [0.05, 0.1) is 5.56 Å². The highest BCUT2D eigenvalue weighted by Gasteiger charge is 2.27. The summed E-state index contributed by atoms with van der Waals surface area (Å²) in [5.74, 6) is 2.63. The third kappa shape index (κ3) is 3.60. The fourth-order valence-corrected chi connectivity index (χ4v) is 4.26. The molecule has 0 aromatic carbocycles. The Morgan fingerprint density at radius 2 is 1.73 bits per heavy atom. The third-order valence-electron chi connectivity index (χ3n) is 6.11. The lowest BCUT2D eigenvalue weighted by Gasteiger charge is -2.36. The number of anilines is 2. The number of hydrogen-bond donors (Lipinski definition) is 0. The number of ether oxygens (including phenoxy) is 1. The number of rotatable bonds is 4. The number of amides is 1. The van der Waals surface area contributed by atoms with Crippen molar-refractivity contribution in [2.45, 2.75) is 32.6 Å². The molecule has 156 valence electrons. The number of pyridine rings is 2. The average molecular weight is 406 g/mol. The van der Waals surface area contributed by atoms with Gasteiger partial charge >= 0.3 is 0 Å². The molecule has 0 bridgehead atoms. The first-order valence-electron chi connectivity index (χ1n) is 10.6. The van der Waals surface area contributed by atoms with Gasteiger partial charge < -0.3 is 14.5 Å². The summed E-state index contributed by atoms with van der Waals surface area (Å²) in [5, 5.41) is 0. The van der Waals surface area contributed by atoms with Crippen LogP contribution in [0.3, 0.4) is 0 Å². The van der Waals surface area contributed by atoms with Crippen molar-refractivity contribution in [2.24, 2.45) is 0 Å². The highest BCUT2D eigenvalue weighted by Crippen LogP contribution is 2.40. The Balaban J connectivity index is 1.23. The Bertz CT molecular complexity index is 993. The zero-order valence-electron chi connectivity index (χ0n) is 17.5. The zero-order valence-corrected chi connectivity index (χ0v) is 17.5. The van der Waals surface area contributed by atoms with Gasteiger partial charge in [0, 0.05) is 44.8 Å². The van der Waals surface area contributed by atoms with Crippen molar-refractivity contribution >= 4 is 17.5 Å². The molecule has 0 atom stereocenters. The highest BCUT2D eigenvalue weighted by atomic mass is 16.5. The van der Waals surface area contributed by atoms with Crippen LogP contribution in [0, 0.1) is 13.8 Å². The van der Waals surface area contributed by atoms with Crippen LogP contribution in [-0.2, 0) is 4.74 Å². The fourth-order valence-electron chi connectivity index (χ4n) is 4.26. The number of nitrogens with zero attached hydrogens (tertiary/aromatic N) is 5. The Morgan fingerprint density at radius 1 is 1.00 bits per heavy atom. The molecule has 0 unspecified atom stereocenters. The second-order valence-electron chi connectivity index (χ2n) is 8.38. The first kappa shape index (κ1) is 18.9. The smallest absolute Gasteiger partial charge is 0.255 e. The highest BCUT2D eigenvalue weighted by molar-refractivity contribution is 5.94. The summed E-state index contributed by atoms with van der Waals surface area (Å²) in [6, 6.07) is 4.21. The second-order valence-corrected chi connectivity index (χ2v) is 8.38. The minimum Gasteiger partial charge on any atom is -0.479 e. The van der Waals surface area contributed by atoms with Crippen LogP contribution in [0.1, 0.15) is 45.8 Å². The first-order valence-corrected chi connectivity index (χ1v) is 10.6. The van der Waals surface area contributed by atoms with E-state index in [-0.39, 0.29) is 5.91 Å². The molecule has 7 nitrogen and oxygen atoms in total. The molecule has 4 heterocycles. The van der Waals surface area contributed by atoms with Gasteiger partial charge in [0.2, 0.25) is 0 Å². The van der Waals surface area contributed by atoms with E-state index in [1.165, 1.54) is 24.0 Å². The largest absolute Gasteiger partial charge is 0.479 e. The molecule has 0 N–H and O–H groups in total. The molecule has 2 fully saturated rings. The molecule has 7 heteroatoms. The molecular weight excluding hydrogens is 378 g/mol. The molecule has 5 rings (SSSR count). The van der Waals surface area contributed by atoms with Crippen LogP contribution in [0.5, 0.6) is 0 Å². The van der Waals surface area contributed by atoms with E-state index in [0.717, 1.165) is 36.2 Å². The van der Waals surface area contributed by atoms with Crippen molar-refractivity contribution in [2.75, 3.05) is 42.7 Å². The molecule has 1 saturated heterocycles. The van der Waals surface area contributed by atoms with Gasteiger partial charge in [-0.15, -0.1) is 0 Å². The lowest BCUT2D eigenvalue weighted by Crippen LogP contribution is -2.49. The Labute approximate surface area is 177 Å². The van der Waals surface area contributed by atoms with E-state index < -0.39 is 0 Å². The molecule has 30 heavy (non-hydrogen) atoms. The Morgan fingerprint density at radius 3 is 2.37 bits per heavy atom. The van der Waals surface area contributed by atoms with E-state index in [1.54, 1.807) is 12.5 Å². The minimum atomic E-state index is 0.0405. The number of hydrogen-bond acceptors (Lipinski definition) is 6. The van der Waals surface area contributed by atoms with Gasteiger partial charge in [-0.2, -0.15) is 0 Å². The summed E-state index contributed by atoms with van der Waals surface area (Å²) < 4.78 is 5.24. The minimum absolute atomic E-state index is 0.0405. The van der Waals surface area contributed by atoms with Crippen molar-refractivity contribution in [1.82, 2.24) is 14.9 Å². The van der Waals surface area contributed by atoms with Crippen LogP contribution < -0.4 is 9.80 Å². The van der Waals surface area contributed by atoms with E-state index in [9.17, 15) is 4.79 Å². The summed E-state index contributed by atoms with van der Waals surface area (Å²) in [6.45, 7) is 7.54. The third-order valence-corrected chi connectivity index (χ3v) is 6.11. The quantitative estimate of drug-likeness (QED) is 0.779. The monoisotopic (exact) mass is 405 g/mol. The molecule has 1 aliphatic carbocycles. The fraction of sp³-hybridized carbons (Fsp3) is 0.435. The molecule has 2 aromatic rings. The lowest BCUT2D eigenvalue weighted by molar-refractivity contribution is 0.0746. The molecule has 0 spiro atoms. The average Bonchev–Trinajstić information content (AvgIpc) is 3.48. The SMILES string of the molecule is Cc1cc(C(=O)N2CCN(c3ncc(C4CC4)cc3C)CC2)cnc1N1C=COC1. The molecule has 2 aliphatic heterocycles. The Hall–Kier alpha value is -3.09. The van der Waals surface area contributed by atoms with E-state index in [1.807, 2.05) is 35.2 Å². The summed E-state index contributed by atoms with van der Waals surface area (Å²) >= 11 is 0. The maximum absolute atomic E-state index is 13.0. The molecule has 2 aromatic heterocycles. The maximum Gasteiger partial charge on any atom is 0.255 e. The Kier molecular flexibility index (Phi) is 4.81. The zero-order chi connectivity index (χ0) is 20.7. The molecular formula is C23H27N5O2. The van der Waals surface area contributed by atoms with E-state index in [4.69, 9.17) is 9.72 Å². The van der Waals surface area contributed by atoms with E-state index in [2.05, 4.69) is 22.9 Å². The number of aryl methyl sites for hydroxylation is 2. The first-order chi connectivity index (χ1) is 14.6. The summed E-state index contributed by atoms with van der Waals surface area (Å²) in [7, 11) is 0. The van der Waals surface area contributed by atoms with Crippen LogP contribution in [0.2, 0.25) is 0 Å². The van der Waals surface area contributed by atoms with E-state index >= 15 is 0 Å². The lowest BCUT2D eigenvalue weighted by atomic mass is 10.1. The number of piperazine rings is 1. The molecule has 1 amide bonds. The molecule has 1 saturated carbocycles. The van der Waals surface area contributed by atoms with Crippen molar-refractivity contribution in [3.8, 4) is 0 Å².